The molecule has 0 aromatic carbocycles. The van der Waals surface area contributed by atoms with Gasteiger partial charge in [-0.3, -0.25) is 4.79 Å². The molecule has 0 amide bonds. The summed E-state index contributed by atoms with van der Waals surface area (Å²) < 4.78 is 0. The van der Waals surface area contributed by atoms with Crippen LogP contribution < -0.4 is 0 Å². The zero-order valence-electron chi connectivity index (χ0n) is 16.7. The summed E-state index contributed by atoms with van der Waals surface area (Å²) in [7, 11) is 0. The number of Topliss-reactive ketones (excluding diaryl/α,β-unsaturated/α-hetero) is 1. The fourth-order valence-electron chi connectivity index (χ4n) is 7.28. The second-order valence-corrected chi connectivity index (χ2v) is 10.7. The van der Waals surface area contributed by atoms with E-state index in [4.69, 9.17) is 11.6 Å². The van der Waals surface area contributed by atoms with Gasteiger partial charge in [0.05, 0.1) is 12.0 Å². The van der Waals surface area contributed by atoms with E-state index < -0.39 is 0 Å². The van der Waals surface area contributed by atoms with Gasteiger partial charge in [-0.25, -0.2) is 0 Å². The van der Waals surface area contributed by atoms with Crippen molar-refractivity contribution in [2.45, 2.75) is 79.2 Å². The Bertz CT molecular complexity index is 516. The number of alkyl halides is 1. The van der Waals surface area contributed by atoms with Crippen molar-refractivity contribution in [1.82, 2.24) is 0 Å². The number of ketones is 1. The highest BCUT2D eigenvalue weighted by atomic mass is 35.5. The van der Waals surface area contributed by atoms with Crippen LogP contribution in [0.15, 0.2) is 0 Å². The van der Waals surface area contributed by atoms with E-state index in [1.165, 1.54) is 6.42 Å². The van der Waals surface area contributed by atoms with E-state index in [1.54, 1.807) is 0 Å². The van der Waals surface area contributed by atoms with E-state index in [0.29, 0.717) is 29.6 Å². The normalized spacial score (nSPS) is 49.6. The maximum atomic E-state index is 12.7. The second-order valence-electron chi connectivity index (χ2n) is 10.4. The van der Waals surface area contributed by atoms with Gasteiger partial charge in [0.25, 0.3) is 0 Å². The fourth-order valence-corrected chi connectivity index (χ4v) is 7.48. The van der Waals surface area contributed by atoms with Crippen molar-refractivity contribution in [1.29, 1.82) is 0 Å². The summed E-state index contributed by atoms with van der Waals surface area (Å²) in [5, 5.41) is 10.9. The van der Waals surface area contributed by atoms with Crippen LogP contribution in [-0.2, 0) is 4.79 Å². The lowest BCUT2D eigenvalue weighted by molar-refractivity contribution is -0.148. The van der Waals surface area contributed by atoms with Crippen molar-refractivity contribution in [2.24, 2.45) is 46.3 Å². The fraction of sp³-hybridized carbons (Fsp3) is 0.955. The third-order valence-corrected chi connectivity index (χ3v) is 9.21. The molecule has 8 atom stereocenters. The molecule has 0 spiro atoms. The standard InChI is InChI=1S/C22H37ClO2/c1-13-6-7-20(25)22(5)9-8-16-14(2)10-15(19(24)12-23)18(11-17(13)22)21(16,3)4/h13-18,20,25H,6-12H2,1-5H3/t13-,14-,15?,16+,17-,18+,20?,22+/m1/s1. The largest absolute Gasteiger partial charge is 0.393 e. The molecule has 3 rings (SSSR count). The van der Waals surface area contributed by atoms with Gasteiger partial charge in [0.1, 0.15) is 0 Å². The molecule has 0 radical (unpaired) electrons. The molecule has 1 N–H and O–H groups in total. The van der Waals surface area contributed by atoms with E-state index in [-0.39, 0.29) is 34.5 Å². The van der Waals surface area contributed by atoms with Crippen molar-refractivity contribution in [3.05, 3.63) is 0 Å². The van der Waals surface area contributed by atoms with Gasteiger partial charge >= 0.3 is 0 Å². The Morgan fingerprint density at radius 3 is 2.32 bits per heavy atom. The molecule has 3 saturated carbocycles. The zero-order valence-corrected chi connectivity index (χ0v) is 17.5. The van der Waals surface area contributed by atoms with Gasteiger partial charge in [0.2, 0.25) is 0 Å². The predicted octanol–water partition coefficient (Wildman–Crippen LogP) is 5.31. The van der Waals surface area contributed by atoms with Gasteiger partial charge < -0.3 is 5.11 Å². The van der Waals surface area contributed by atoms with Gasteiger partial charge in [0.15, 0.2) is 5.78 Å². The summed E-state index contributed by atoms with van der Waals surface area (Å²) in [6.07, 6.45) is 6.26. The molecule has 3 aliphatic rings. The third-order valence-electron chi connectivity index (χ3n) is 8.95. The highest BCUT2D eigenvalue weighted by Crippen LogP contribution is 2.61. The van der Waals surface area contributed by atoms with Crippen LogP contribution in [0, 0.1) is 46.3 Å². The van der Waals surface area contributed by atoms with Crippen LogP contribution in [0.1, 0.15) is 73.1 Å². The average Bonchev–Trinajstić information content (AvgIpc) is 2.54. The number of aliphatic hydroxyl groups is 1. The first-order valence-corrected chi connectivity index (χ1v) is 10.9. The van der Waals surface area contributed by atoms with Crippen molar-refractivity contribution in [3.8, 4) is 0 Å². The van der Waals surface area contributed by atoms with Crippen LogP contribution in [0.2, 0.25) is 0 Å². The van der Waals surface area contributed by atoms with Crippen LogP contribution in [0.4, 0.5) is 0 Å². The minimum Gasteiger partial charge on any atom is -0.393 e. The summed E-state index contributed by atoms with van der Waals surface area (Å²) >= 11 is 6.00. The number of rotatable bonds is 2. The molecule has 3 heteroatoms. The minimum absolute atomic E-state index is 0.0102. The second kappa shape index (κ2) is 6.82. The number of carbonyl (C=O) groups is 1. The first-order valence-electron chi connectivity index (χ1n) is 10.4. The van der Waals surface area contributed by atoms with E-state index in [9.17, 15) is 9.90 Å². The quantitative estimate of drug-likeness (QED) is 0.671. The Kier molecular flexibility index (Phi) is 5.37. The molecule has 2 nitrogen and oxygen atoms in total. The summed E-state index contributed by atoms with van der Waals surface area (Å²) in [4.78, 5) is 12.7. The van der Waals surface area contributed by atoms with Crippen molar-refractivity contribution >= 4 is 17.4 Å². The topological polar surface area (TPSA) is 37.3 Å². The Hall–Kier alpha value is -0.0800. The van der Waals surface area contributed by atoms with E-state index in [0.717, 1.165) is 32.1 Å². The number of fused-ring (bicyclic) bond motifs is 3. The van der Waals surface area contributed by atoms with Gasteiger partial charge in [-0.15, -0.1) is 11.6 Å². The highest BCUT2D eigenvalue weighted by Gasteiger charge is 2.56. The van der Waals surface area contributed by atoms with Crippen LogP contribution >= 0.6 is 11.6 Å². The molecule has 2 bridgehead atoms. The SMILES string of the molecule is C[C@@H]1CCC(O)[C@@]2(C)CC[C@H]3[C@H](C)CC(C(=O)CCl)[C@H](C[C@H]12)C3(C)C. The first kappa shape index (κ1) is 19.7. The summed E-state index contributed by atoms with van der Waals surface area (Å²) in [6, 6.07) is 0. The molecule has 0 heterocycles. The maximum absolute atomic E-state index is 12.7. The lowest BCUT2D eigenvalue weighted by atomic mass is 9.46. The number of halogens is 1. The Labute approximate surface area is 159 Å². The summed E-state index contributed by atoms with van der Waals surface area (Å²) in [6.45, 7) is 11.8. The van der Waals surface area contributed by atoms with Crippen molar-refractivity contribution in [3.63, 3.8) is 0 Å². The molecule has 0 aromatic rings. The zero-order chi connectivity index (χ0) is 18.6. The predicted molar refractivity (Wildman–Crippen MR) is 104 cm³/mol. The number of hydrogen-bond donors (Lipinski definition) is 1. The van der Waals surface area contributed by atoms with Crippen LogP contribution in [-0.4, -0.2) is 22.9 Å². The Morgan fingerprint density at radius 2 is 1.68 bits per heavy atom. The van der Waals surface area contributed by atoms with Crippen LogP contribution in [0.3, 0.4) is 0 Å². The van der Waals surface area contributed by atoms with Gasteiger partial charge in [0, 0.05) is 5.92 Å². The monoisotopic (exact) mass is 368 g/mol. The van der Waals surface area contributed by atoms with Crippen molar-refractivity contribution < 1.29 is 9.90 Å². The summed E-state index contributed by atoms with van der Waals surface area (Å²) in [5.74, 6) is 3.24. The minimum atomic E-state index is -0.187. The average molecular weight is 369 g/mol. The molecule has 25 heavy (non-hydrogen) atoms. The molecule has 3 aliphatic carbocycles. The van der Waals surface area contributed by atoms with E-state index >= 15 is 0 Å². The Morgan fingerprint density at radius 1 is 1.00 bits per heavy atom. The van der Waals surface area contributed by atoms with Crippen LogP contribution in [0.5, 0.6) is 0 Å². The number of hydrogen-bond acceptors (Lipinski definition) is 2. The molecular formula is C22H37ClO2. The van der Waals surface area contributed by atoms with Gasteiger partial charge in [-0.05, 0) is 78.9 Å². The molecule has 2 unspecified atom stereocenters. The smallest absolute Gasteiger partial charge is 0.150 e. The molecule has 3 fully saturated rings. The third kappa shape index (κ3) is 3.10. The van der Waals surface area contributed by atoms with Gasteiger partial charge in [-0.2, -0.15) is 0 Å². The summed E-state index contributed by atoms with van der Waals surface area (Å²) in [5.41, 5.74) is 0.184. The number of carbonyl (C=O) groups excluding carboxylic acids is 1. The van der Waals surface area contributed by atoms with E-state index in [1.807, 2.05) is 0 Å². The van der Waals surface area contributed by atoms with Crippen LogP contribution in [0.25, 0.3) is 0 Å². The highest BCUT2D eigenvalue weighted by molar-refractivity contribution is 6.27. The van der Waals surface area contributed by atoms with Crippen molar-refractivity contribution in [2.75, 3.05) is 5.88 Å². The van der Waals surface area contributed by atoms with E-state index in [2.05, 4.69) is 34.6 Å². The lowest BCUT2D eigenvalue weighted by Crippen LogP contribution is -2.55. The molecular weight excluding hydrogens is 332 g/mol. The molecule has 0 saturated heterocycles. The number of aliphatic hydroxyl groups excluding tert-OH is 1. The molecule has 144 valence electrons. The first-order chi connectivity index (χ1) is 11.6. The molecule has 0 aromatic heterocycles. The Balaban J connectivity index is 2.02. The molecule has 0 aliphatic heterocycles. The lowest BCUT2D eigenvalue weighted by Gasteiger charge is -2.59. The van der Waals surface area contributed by atoms with Gasteiger partial charge in [-0.1, -0.05) is 34.6 Å². The maximum Gasteiger partial charge on any atom is 0.150 e.